The number of amides is 2. The predicted octanol–water partition coefficient (Wildman–Crippen LogP) is 2.58. The summed E-state index contributed by atoms with van der Waals surface area (Å²) in [5, 5.41) is 7.97. The van der Waals surface area contributed by atoms with E-state index in [1.807, 2.05) is 43.7 Å². The van der Waals surface area contributed by atoms with Crippen LogP contribution in [-0.4, -0.2) is 43.7 Å². The number of nitrogens with one attached hydrogen (secondary N) is 2. The molecule has 2 aromatic rings. The molecule has 1 aromatic heterocycles. The maximum Gasteiger partial charge on any atom is 0.321 e. The first kappa shape index (κ1) is 16.3. The summed E-state index contributed by atoms with van der Waals surface area (Å²) < 4.78 is 5.26. The lowest BCUT2D eigenvalue weighted by Crippen LogP contribution is -2.36. The highest BCUT2D eigenvalue weighted by atomic mass is 32.1. The maximum atomic E-state index is 11.9. The van der Waals surface area contributed by atoms with Gasteiger partial charge in [0.2, 0.25) is 0 Å². The average Bonchev–Trinajstić information content (AvgIpc) is 3.00. The van der Waals surface area contributed by atoms with E-state index in [1.54, 1.807) is 13.3 Å². The second-order valence-corrected chi connectivity index (χ2v) is 5.82. The molecule has 1 aromatic carbocycles. The van der Waals surface area contributed by atoms with Gasteiger partial charge in [-0.1, -0.05) is 12.1 Å². The highest BCUT2D eigenvalue weighted by Gasteiger charge is 2.16. The average molecular weight is 320 g/mol. The van der Waals surface area contributed by atoms with Crippen LogP contribution in [-0.2, 0) is 0 Å². The molecule has 2 rings (SSSR count). The monoisotopic (exact) mass is 320 g/mol. The number of aromatic nitrogens is 1. The molecule has 0 radical (unpaired) electrons. The Hall–Kier alpha value is -2.12. The Morgan fingerprint density at radius 1 is 1.45 bits per heavy atom. The van der Waals surface area contributed by atoms with E-state index in [0.717, 1.165) is 11.3 Å². The van der Waals surface area contributed by atoms with Crippen molar-refractivity contribution in [1.29, 1.82) is 0 Å². The van der Waals surface area contributed by atoms with E-state index >= 15 is 0 Å². The van der Waals surface area contributed by atoms with Crippen LogP contribution in [0.4, 0.5) is 9.93 Å². The highest BCUT2D eigenvalue weighted by molar-refractivity contribution is 7.13. The molecule has 0 saturated heterocycles. The number of hydrogen-bond acceptors (Lipinski definition) is 5. The van der Waals surface area contributed by atoms with Gasteiger partial charge in [0.05, 0.1) is 13.2 Å². The molecule has 7 heteroatoms. The predicted molar refractivity (Wildman–Crippen MR) is 88.6 cm³/mol. The lowest BCUT2D eigenvalue weighted by Gasteiger charge is -2.25. The normalized spacial score (nSPS) is 12.0. The third kappa shape index (κ3) is 4.44. The molecule has 0 bridgehead atoms. The third-order valence-corrected chi connectivity index (χ3v) is 3.90. The first-order valence-electron chi connectivity index (χ1n) is 6.85. The smallest absolute Gasteiger partial charge is 0.321 e. The molecule has 6 nitrogen and oxygen atoms in total. The molecule has 22 heavy (non-hydrogen) atoms. The van der Waals surface area contributed by atoms with Crippen molar-refractivity contribution in [3.63, 3.8) is 0 Å². The summed E-state index contributed by atoms with van der Waals surface area (Å²) in [6.07, 6.45) is 1.65. The van der Waals surface area contributed by atoms with Crippen molar-refractivity contribution in [3.8, 4) is 5.75 Å². The minimum absolute atomic E-state index is 0.0529. The number of methoxy groups -OCH3 is 1. The van der Waals surface area contributed by atoms with Gasteiger partial charge >= 0.3 is 6.03 Å². The number of hydrogen-bond donors (Lipinski definition) is 2. The van der Waals surface area contributed by atoms with Crippen molar-refractivity contribution in [2.24, 2.45) is 0 Å². The minimum atomic E-state index is -0.260. The van der Waals surface area contributed by atoms with Crippen LogP contribution < -0.4 is 15.4 Å². The number of benzene rings is 1. The van der Waals surface area contributed by atoms with Crippen LogP contribution in [0.5, 0.6) is 5.75 Å². The number of carbonyl (C=O) groups excluding carboxylic acids is 1. The molecule has 0 aliphatic carbocycles. The molecular formula is C15H20N4O2S. The van der Waals surface area contributed by atoms with Gasteiger partial charge in [0.25, 0.3) is 0 Å². The quantitative estimate of drug-likeness (QED) is 0.858. The summed E-state index contributed by atoms with van der Waals surface area (Å²) in [7, 11) is 5.60. The van der Waals surface area contributed by atoms with Gasteiger partial charge in [-0.3, -0.25) is 5.32 Å². The summed E-state index contributed by atoms with van der Waals surface area (Å²) in [6, 6.07) is 7.64. The zero-order chi connectivity index (χ0) is 15.9. The van der Waals surface area contributed by atoms with Crippen LogP contribution in [0.2, 0.25) is 0 Å². The molecule has 1 heterocycles. The van der Waals surface area contributed by atoms with E-state index in [-0.39, 0.29) is 12.1 Å². The van der Waals surface area contributed by atoms with Crippen LogP contribution in [0, 0.1) is 0 Å². The Bertz CT molecular complexity index is 601. The Kier molecular flexibility index (Phi) is 5.74. The van der Waals surface area contributed by atoms with Gasteiger partial charge in [-0.2, -0.15) is 0 Å². The second-order valence-electron chi connectivity index (χ2n) is 4.93. The zero-order valence-corrected chi connectivity index (χ0v) is 13.7. The molecule has 1 atom stereocenters. The van der Waals surface area contributed by atoms with Gasteiger partial charge in [-0.25, -0.2) is 9.78 Å². The minimum Gasteiger partial charge on any atom is -0.497 e. The van der Waals surface area contributed by atoms with E-state index in [4.69, 9.17) is 4.74 Å². The summed E-state index contributed by atoms with van der Waals surface area (Å²) in [5.41, 5.74) is 1.08. The fourth-order valence-corrected chi connectivity index (χ4v) is 2.59. The summed E-state index contributed by atoms with van der Waals surface area (Å²) >= 11 is 1.38. The molecule has 0 spiro atoms. The van der Waals surface area contributed by atoms with Gasteiger partial charge in [0.15, 0.2) is 5.13 Å². The zero-order valence-electron chi connectivity index (χ0n) is 12.9. The molecule has 0 aliphatic rings. The first-order chi connectivity index (χ1) is 10.6. The second kappa shape index (κ2) is 7.77. The van der Waals surface area contributed by atoms with Crippen molar-refractivity contribution in [3.05, 3.63) is 41.4 Å². The van der Waals surface area contributed by atoms with E-state index in [0.29, 0.717) is 11.7 Å². The molecule has 0 aliphatic heterocycles. The van der Waals surface area contributed by atoms with Crippen molar-refractivity contribution in [2.75, 3.05) is 33.1 Å². The summed E-state index contributed by atoms with van der Waals surface area (Å²) in [5.74, 6) is 0.802. The molecule has 2 N–H and O–H groups in total. The number of urea groups is 1. The van der Waals surface area contributed by atoms with E-state index in [2.05, 4.69) is 20.5 Å². The fourth-order valence-electron chi connectivity index (χ4n) is 2.06. The highest BCUT2D eigenvalue weighted by Crippen LogP contribution is 2.22. The van der Waals surface area contributed by atoms with Crippen molar-refractivity contribution < 1.29 is 9.53 Å². The van der Waals surface area contributed by atoms with E-state index in [1.165, 1.54) is 11.3 Å². The Balaban J connectivity index is 1.98. The Morgan fingerprint density at radius 3 is 2.91 bits per heavy atom. The lowest BCUT2D eigenvalue weighted by atomic mass is 10.1. The molecular weight excluding hydrogens is 300 g/mol. The van der Waals surface area contributed by atoms with Crippen LogP contribution in [0.3, 0.4) is 0 Å². The number of likely N-dealkylation sites (N-methyl/N-ethyl adjacent to an activating group) is 1. The molecule has 1 unspecified atom stereocenters. The number of anilines is 1. The van der Waals surface area contributed by atoms with Crippen LogP contribution >= 0.6 is 11.3 Å². The van der Waals surface area contributed by atoms with Crippen molar-refractivity contribution >= 4 is 22.5 Å². The lowest BCUT2D eigenvalue weighted by molar-refractivity contribution is 0.243. The van der Waals surface area contributed by atoms with Gasteiger partial charge < -0.3 is 15.0 Å². The SMILES string of the molecule is COc1cccc(C(CNC(=O)Nc2nccs2)N(C)C)c1. The molecule has 118 valence electrons. The van der Waals surface area contributed by atoms with E-state index < -0.39 is 0 Å². The number of ether oxygens (including phenoxy) is 1. The Morgan fingerprint density at radius 2 is 2.27 bits per heavy atom. The van der Waals surface area contributed by atoms with Gasteiger partial charge in [-0.05, 0) is 31.8 Å². The van der Waals surface area contributed by atoms with Gasteiger partial charge in [-0.15, -0.1) is 11.3 Å². The summed E-state index contributed by atoms with van der Waals surface area (Å²) in [6.45, 7) is 0.484. The van der Waals surface area contributed by atoms with Crippen LogP contribution in [0.15, 0.2) is 35.8 Å². The number of rotatable bonds is 6. The van der Waals surface area contributed by atoms with E-state index in [9.17, 15) is 4.79 Å². The topological polar surface area (TPSA) is 66.5 Å². The maximum absolute atomic E-state index is 11.9. The largest absolute Gasteiger partial charge is 0.497 e. The third-order valence-electron chi connectivity index (χ3n) is 3.21. The van der Waals surface area contributed by atoms with Gasteiger partial charge in [0.1, 0.15) is 5.75 Å². The van der Waals surface area contributed by atoms with Gasteiger partial charge in [0, 0.05) is 18.1 Å². The molecule has 0 saturated carbocycles. The molecule has 2 amide bonds. The number of nitrogens with zero attached hydrogens (tertiary/aromatic N) is 2. The standard InChI is InChI=1S/C15H20N4O2S/c1-19(2)13(11-5-4-6-12(9-11)21-3)10-17-14(20)18-15-16-7-8-22-15/h4-9,13H,10H2,1-3H3,(H2,16,17,18,20). The van der Waals surface area contributed by atoms with Crippen molar-refractivity contribution in [2.45, 2.75) is 6.04 Å². The Labute approximate surface area is 134 Å². The fraction of sp³-hybridized carbons (Fsp3) is 0.333. The van der Waals surface area contributed by atoms with Crippen LogP contribution in [0.25, 0.3) is 0 Å². The first-order valence-corrected chi connectivity index (χ1v) is 7.73. The number of carbonyl (C=O) groups is 1. The number of thiazole rings is 1. The van der Waals surface area contributed by atoms with Crippen molar-refractivity contribution in [1.82, 2.24) is 15.2 Å². The summed E-state index contributed by atoms with van der Waals surface area (Å²) in [4.78, 5) is 18.0. The van der Waals surface area contributed by atoms with Crippen LogP contribution in [0.1, 0.15) is 11.6 Å². The molecule has 0 fully saturated rings.